The van der Waals surface area contributed by atoms with E-state index >= 15 is 0 Å². The molecule has 0 unspecified atom stereocenters. The predicted molar refractivity (Wildman–Crippen MR) is 172 cm³/mol. The maximum Gasteiger partial charge on any atom is 0.346 e. The smallest absolute Gasteiger partial charge is 0.346 e. The van der Waals surface area contributed by atoms with Gasteiger partial charge in [0.1, 0.15) is 15.6 Å². The van der Waals surface area contributed by atoms with E-state index in [0.29, 0.717) is 26.1 Å². The van der Waals surface area contributed by atoms with Gasteiger partial charge in [-0.1, -0.05) is 84.3 Å². The number of rotatable bonds is 7. The van der Waals surface area contributed by atoms with E-state index < -0.39 is 17.5 Å². The Kier molecular flexibility index (Phi) is 8.77. The molecule has 0 N–H and O–H groups in total. The summed E-state index contributed by atoms with van der Waals surface area (Å²) in [5.74, 6) is -0.842. The Bertz CT molecular complexity index is 1640. The number of amides is 1. The van der Waals surface area contributed by atoms with Gasteiger partial charge in [-0.25, -0.2) is 9.59 Å². The van der Waals surface area contributed by atoms with Gasteiger partial charge < -0.3 is 14.2 Å². The van der Waals surface area contributed by atoms with Crippen molar-refractivity contribution in [2.24, 2.45) is 0 Å². The second kappa shape index (κ2) is 12.3. The van der Waals surface area contributed by atoms with Crippen LogP contribution in [0.4, 0.5) is 5.69 Å². The van der Waals surface area contributed by atoms with E-state index in [9.17, 15) is 14.4 Å². The highest BCUT2D eigenvalue weighted by Gasteiger charge is 2.46. The first kappa shape index (κ1) is 29.9. The second-order valence-corrected chi connectivity index (χ2v) is 12.6. The Morgan fingerprint density at radius 2 is 1.43 bits per heavy atom. The minimum Gasteiger partial charge on any atom is -0.484 e. The number of thioether (sulfide) groups is 2. The van der Waals surface area contributed by atoms with Crippen molar-refractivity contribution in [1.29, 1.82) is 0 Å². The lowest BCUT2D eigenvalue weighted by atomic mass is 9.83. The average molecular weight is 620 g/mol. The molecule has 2 aliphatic rings. The summed E-state index contributed by atoms with van der Waals surface area (Å²) < 4.78 is 17.1. The molecule has 3 aromatic rings. The monoisotopic (exact) mass is 619 g/mol. The third-order valence-corrected chi connectivity index (χ3v) is 10.1. The summed E-state index contributed by atoms with van der Waals surface area (Å²) >= 11 is 8.33. The number of hydrogen-bond donors (Lipinski definition) is 0. The van der Waals surface area contributed by atoms with Crippen LogP contribution in [0.2, 0.25) is 0 Å². The predicted octanol–water partition coefficient (Wildman–Crippen LogP) is 6.90. The highest BCUT2D eigenvalue weighted by molar-refractivity contribution is 8.29. The number of ether oxygens (including phenoxy) is 3. The first-order chi connectivity index (χ1) is 20.2. The first-order valence-corrected chi connectivity index (χ1v) is 15.5. The molecule has 0 radical (unpaired) electrons. The van der Waals surface area contributed by atoms with Crippen LogP contribution in [-0.2, 0) is 23.9 Å². The maximum absolute atomic E-state index is 13.8. The molecule has 7 nitrogen and oxygen atoms in total. The molecule has 0 spiro atoms. The van der Waals surface area contributed by atoms with E-state index in [1.165, 1.54) is 0 Å². The van der Waals surface area contributed by atoms with Gasteiger partial charge in [-0.15, -0.1) is 0 Å². The van der Waals surface area contributed by atoms with E-state index in [-0.39, 0.29) is 35.5 Å². The summed E-state index contributed by atoms with van der Waals surface area (Å²) in [6, 6.07) is 21.1. The van der Waals surface area contributed by atoms with Gasteiger partial charge in [0.15, 0.2) is 6.61 Å². The zero-order chi connectivity index (χ0) is 30.0. The maximum atomic E-state index is 13.8. The Labute approximate surface area is 258 Å². The Balaban J connectivity index is 1.49. The number of nitrogens with zero attached hydrogens (tertiary/aromatic N) is 1. The van der Waals surface area contributed by atoms with E-state index in [1.54, 1.807) is 18.7 Å². The Morgan fingerprint density at radius 1 is 0.833 bits per heavy atom. The van der Waals surface area contributed by atoms with Crippen LogP contribution in [0, 0.1) is 0 Å². The molecule has 0 atom stereocenters. The summed E-state index contributed by atoms with van der Waals surface area (Å²) in [6.07, 6.45) is 0. The van der Waals surface area contributed by atoms with Crippen molar-refractivity contribution in [1.82, 2.24) is 0 Å². The van der Waals surface area contributed by atoms with Gasteiger partial charge in [0.05, 0.1) is 33.5 Å². The number of anilines is 1. The third-order valence-electron chi connectivity index (χ3n) is 6.81. The molecular weight excluding hydrogens is 591 g/mol. The fourth-order valence-corrected chi connectivity index (χ4v) is 7.87. The van der Waals surface area contributed by atoms with Crippen molar-refractivity contribution in [3.63, 3.8) is 0 Å². The van der Waals surface area contributed by atoms with E-state index in [4.69, 9.17) is 26.4 Å². The van der Waals surface area contributed by atoms with E-state index in [1.807, 2.05) is 80.6 Å². The van der Waals surface area contributed by atoms with Gasteiger partial charge >= 0.3 is 11.9 Å². The molecule has 0 aliphatic carbocycles. The highest BCUT2D eigenvalue weighted by atomic mass is 32.2. The van der Waals surface area contributed by atoms with Crippen LogP contribution >= 0.6 is 35.7 Å². The number of para-hydroxylation sites is 1. The minimum absolute atomic E-state index is 0.169. The van der Waals surface area contributed by atoms with Crippen molar-refractivity contribution in [3.05, 3.63) is 86.3 Å². The van der Waals surface area contributed by atoms with Crippen molar-refractivity contribution in [2.45, 2.75) is 33.2 Å². The quantitative estimate of drug-likeness (QED) is 0.159. The Hall–Kier alpha value is -3.60. The molecule has 42 heavy (non-hydrogen) atoms. The lowest BCUT2D eigenvalue weighted by Gasteiger charge is -2.45. The normalized spacial score (nSPS) is 16.0. The van der Waals surface area contributed by atoms with Crippen LogP contribution in [0.5, 0.6) is 5.75 Å². The molecule has 0 fully saturated rings. The molecular formula is C32H29NO6S3. The molecule has 2 heterocycles. The largest absolute Gasteiger partial charge is 0.484 e. The van der Waals surface area contributed by atoms with Crippen LogP contribution in [-0.4, -0.2) is 48.1 Å². The molecule has 3 aromatic carbocycles. The molecule has 2 aliphatic heterocycles. The first-order valence-electron chi connectivity index (χ1n) is 13.4. The topological polar surface area (TPSA) is 82.1 Å². The summed E-state index contributed by atoms with van der Waals surface area (Å²) in [5, 5.41) is 2.11. The van der Waals surface area contributed by atoms with Crippen LogP contribution in [0.15, 0.2) is 80.8 Å². The van der Waals surface area contributed by atoms with Gasteiger partial charge in [0.2, 0.25) is 0 Å². The second-order valence-electron chi connectivity index (χ2n) is 9.90. The summed E-state index contributed by atoms with van der Waals surface area (Å²) in [6.45, 7) is 7.34. The summed E-state index contributed by atoms with van der Waals surface area (Å²) in [5.41, 5.74) is 1.16. The van der Waals surface area contributed by atoms with Crippen molar-refractivity contribution >= 4 is 80.5 Å². The van der Waals surface area contributed by atoms with Crippen molar-refractivity contribution in [3.8, 4) is 5.75 Å². The number of thiocarbonyl (C=S) groups is 1. The summed E-state index contributed by atoms with van der Waals surface area (Å²) in [4.78, 5) is 41.9. The van der Waals surface area contributed by atoms with Crippen LogP contribution in [0.25, 0.3) is 16.3 Å². The Morgan fingerprint density at radius 3 is 2.07 bits per heavy atom. The fourth-order valence-electron chi connectivity index (χ4n) is 4.89. The van der Waals surface area contributed by atoms with Crippen LogP contribution in [0.3, 0.4) is 0 Å². The van der Waals surface area contributed by atoms with Gasteiger partial charge in [0, 0.05) is 11.1 Å². The molecule has 10 heteroatoms. The minimum atomic E-state index is -0.923. The lowest BCUT2D eigenvalue weighted by Crippen LogP contribution is -2.57. The molecule has 0 saturated carbocycles. The van der Waals surface area contributed by atoms with Gasteiger partial charge in [-0.05, 0) is 56.7 Å². The fraction of sp³-hybridized carbons (Fsp3) is 0.250. The van der Waals surface area contributed by atoms with Crippen molar-refractivity contribution in [2.75, 3.05) is 24.7 Å². The molecule has 0 saturated heterocycles. The molecule has 1 amide bonds. The summed E-state index contributed by atoms with van der Waals surface area (Å²) in [7, 11) is 0. The standard InChI is InChI=1S/C32H29NO6S3/c1-5-37-29(35)26-27(30(36)38-6-2)42-31(41-26)25-22-13-9-10-14-23(22)33(32(3,4)28(25)40)24(34)18-39-21-16-15-19-11-7-8-12-20(19)17-21/h7-17H,5-6,18H2,1-4H3. The molecule has 0 aromatic heterocycles. The van der Waals surface area contributed by atoms with E-state index in [0.717, 1.165) is 39.9 Å². The van der Waals surface area contributed by atoms with Crippen LogP contribution < -0.4 is 9.64 Å². The lowest BCUT2D eigenvalue weighted by molar-refractivity contribution is -0.140. The van der Waals surface area contributed by atoms with Gasteiger partial charge in [0.25, 0.3) is 5.91 Å². The molecule has 5 rings (SSSR count). The molecule has 216 valence electrons. The zero-order valence-electron chi connectivity index (χ0n) is 23.6. The zero-order valence-corrected chi connectivity index (χ0v) is 26.0. The van der Waals surface area contributed by atoms with E-state index in [2.05, 4.69) is 0 Å². The van der Waals surface area contributed by atoms with Gasteiger partial charge in [-0.3, -0.25) is 9.69 Å². The number of carbonyl (C=O) groups is 3. The molecule has 0 bridgehead atoms. The number of fused-ring (bicyclic) bond motifs is 2. The van der Waals surface area contributed by atoms with Gasteiger partial charge in [-0.2, -0.15) is 0 Å². The number of carbonyl (C=O) groups excluding carboxylic acids is 3. The third kappa shape index (κ3) is 5.58. The van der Waals surface area contributed by atoms with Crippen molar-refractivity contribution < 1.29 is 28.6 Å². The number of hydrogen-bond acceptors (Lipinski definition) is 9. The number of esters is 2. The average Bonchev–Trinajstić information content (AvgIpc) is 3.42. The SMILES string of the molecule is CCOC(=O)C1=C(C(=O)OCC)SC(=C2C(=S)C(C)(C)N(C(=O)COc3ccc4ccccc4c3)c3ccccc32)S1. The highest BCUT2D eigenvalue weighted by Crippen LogP contribution is 2.56. The van der Waals surface area contributed by atoms with Crippen LogP contribution in [0.1, 0.15) is 33.3 Å². The number of benzene rings is 3.